The van der Waals surface area contributed by atoms with E-state index in [-0.39, 0.29) is 0 Å². The van der Waals surface area contributed by atoms with Gasteiger partial charge in [0.15, 0.2) is 0 Å². The lowest BCUT2D eigenvalue weighted by Gasteiger charge is -2.30. The quantitative estimate of drug-likeness (QED) is 0.712. The molecule has 0 aliphatic carbocycles. The molecule has 0 unspecified atom stereocenters. The van der Waals surface area contributed by atoms with Crippen LogP contribution in [0.2, 0.25) is 0 Å². The number of ether oxygens (including phenoxy) is 1. The standard InChI is InChI=1S/C11H19NOS/c1-13-9-11-3-2-6-12(11)10-4-7-14-8-5-10/h4,11H,2-3,5-9H2,1H3/t11-/m0/s1. The van der Waals surface area contributed by atoms with Crippen LogP contribution in [0.1, 0.15) is 19.3 Å². The molecule has 0 spiro atoms. The van der Waals surface area contributed by atoms with Crippen LogP contribution in [-0.2, 0) is 4.74 Å². The van der Waals surface area contributed by atoms with Gasteiger partial charge in [-0.1, -0.05) is 6.08 Å². The molecule has 3 heteroatoms. The van der Waals surface area contributed by atoms with Gasteiger partial charge in [0.25, 0.3) is 0 Å². The Morgan fingerprint density at radius 1 is 1.64 bits per heavy atom. The fourth-order valence-corrected chi connectivity index (χ4v) is 3.19. The van der Waals surface area contributed by atoms with Crippen LogP contribution in [0.25, 0.3) is 0 Å². The third-order valence-corrected chi connectivity index (χ3v) is 3.94. The molecular weight excluding hydrogens is 194 g/mol. The minimum atomic E-state index is 0.648. The summed E-state index contributed by atoms with van der Waals surface area (Å²) in [4.78, 5) is 2.57. The Kier molecular flexibility index (Phi) is 3.76. The lowest BCUT2D eigenvalue weighted by atomic mass is 10.2. The number of likely N-dealkylation sites (tertiary alicyclic amines) is 1. The largest absolute Gasteiger partial charge is 0.383 e. The van der Waals surface area contributed by atoms with Crippen molar-refractivity contribution < 1.29 is 4.74 Å². The zero-order valence-corrected chi connectivity index (χ0v) is 9.68. The van der Waals surface area contributed by atoms with Crippen molar-refractivity contribution in [3.8, 4) is 0 Å². The maximum Gasteiger partial charge on any atom is 0.0666 e. The van der Waals surface area contributed by atoms with Crippen molar-refractivity contribution in [2.75, 3.05) is 31.8 Å². The molecule has 2 aliphatic rings. The Balaban J connectivity index is 1.97. The summed E-state index contributed by atoms with van der Waals surface area (Å²) in [6.07, 6.45) is 6.30. The molecule has 0 aromatic rings. The van der Waals surface area contributed by atoms with Gasteiger partial charge in [-0.05, 0) is 25.0 Å². The minimum absolute atomic E-state index is 0.648. The van der Waals surface area contributed by atoms with Gasteiger partial charge >= 0.3 is 0 Å². The molecule has 0 saturated carbocycles. The molecule has 0 bridgehead atoms. The number of methoxy groups -OCH3 is 1. The average molecular weight is 213 g/mol. The van der Waals surface area contributed by atoms with Crippen molar-refractivity contribution in [2.45, 2.75) is 25.3 Å². The van der Waals surface area contributed by atoms with Crippen molar-refractivity contribution in [1.29, 1.82) is 0 Å². The Morgan fingerprint density at radius 2 is 2.57 bits per heavy atom. The number of hydrogen-bond acceptors (Lipinski definition) is 3. The molecule has 14 heavy (non-hydrogen) atoms. The highest BCUT2D eigenvalue weighted by atomic mass is 32.2. The fourth-order valence-electron chi connectivity index (χ4n) is 2.36. The van der Waals surface area contributed by atoms with Gasteiger partial charge in [0.1, 0.15) is 0 Å². The maximum absolute atomic E-state index is 5.27. The highest BCUT2D eigenvalue weighted by molar-refractivity contribution is 7.99. The first kappa shape index (κ1) is 10.4. The summed E-state index contributed by atoms with van der Waals surface area (Å²) in [5, 5.41) is 0. The summed E-state index contributed by atoms with van der Waals surface area (Å²) < 4.78 is 5.27. The predicted molar refractivity (Wildman–Crippen MR) is 61.6 cm³/mol. The third-order valence-electron chi connectivity index (χ3n) is 3.04. The molecule has 0 radical (unpaired) electrons. The van der Waals surface area contributed by atoms with Crippen molar-refractivity contribution in [1.82, 2.24) is 4.90 Å². The second kappa shape index (κ2) is 5.08. The number of hydrogen-bond donors (Lipinski definition) is 0. The highest BCUT2D eigenvalue weighted by Gasteiger charge is 2.26. The van der Waals surface area contributed by atoms with Crippen molar-refractivity contribution in [2.24, 2.45) is 0 Å². The number of rotatable bonds is 3. The molecule has 1 atom stereocenters. The summed E-state index contributed by atoms with van der Waals surface area (Å²) in [5.41, 5.74) is 1.57. The van der Waals surface area contributed by atoms with E-state index in [2.05, 4.69) is 11.0 Å². The Hall–Kier alpha value is -0.150. The van der Waals surface area contributed by atoms with Crippen molar-refractivity contribution in [3.05, 3.63) is 11.8 Å². The smallest absolute Gasteiger partial charge is 0.0666 e. The van der Waals surface area contributed by atoms with Gasteiger partial charge in [0.05, 0.1) is 12.6 Å². The summed E-state index contributed by atoms with van der Waals surface area (Å²) >= 11 is 2.04. The summed E-state index contributed by atoms with van der Waals surface area (Å²) in [7, 11) is 1.81. The van der Waals surface area contributed by atoms with E-state index >= 15 is 0 Å². The summed E-state index contributed by atoms with van der Waals surface area (Å²) in [6.45, 7) is 2.13. The zero-order chi connectivity index (χ0) is 9.80. The third kappa shape index (κ3) is 2.26. The van der Waals surface area contributed by atoms with E-state index in [1.165, 1.54) is 37.3 Å². The van der Waals surface area contributed by atoms with Gasteiger partial charge in [-0.3, -0.25) is 0 Å². The monoisotopic (exact) mass is 213 g/mol. The molecule has 2 rings (SSSR count). The molecule has 2 heterocycles. The topological polar surface area (TPSA) is 12.5 Å². The SMILES string of the molecule is COC[C@@H]1CCCN1C1=CCSCC1. The van der Waals surface area contributed by atoms with Gasteiger partial charge in [-0.2, -0.15) is 11.8 Å². The molecule has 0 aromatic carbocycles. The van der Waals surface area contributed by atoms with Crippen LogP contribution in [0.15, 0.2) is 11.8 Å². The van der Waals surface area contributed by atoms with Crippen LogP contribution in [0.5, 0.6) is 0 Å². The second-order valence-corrected chi connectivity index (χ2v) is 5.11. The van der Waals surface area contributed by atoms with Crippen LogP contribution < -0.4 is 0 Å². The molecule has 1 fully saturated rings. The van der Waals surface area contributed by atoms with Crippen LogP contribution in [0.4, 0.5) is 0 Å². The van der Waals surface area contributed by atoms with E-state index < -0.39 is 0 Å². The first-order chi connectivity index (χ1) is 6.92. The van der Waals surface area contributed by atoms with Gasteiger partial charge in [0, 0.05) is 25.1 Å². The minimum Gasteiger partial charge on any atom is -0.383 e. The molecule has 80 valence electrons. The summed E-state index contributed by atoms with van der Waals surface area (Å²) in [6, 6.07) is 0.648. The van der Waals surface area contributed by atoms with Crippen molar-refractivity contribution in [3.63, 3.8) is 0 Å². The number of thioether (sulfide) groups is 1. The predicted octanol–water partition coefficient (Wildman–Crippen LogP) is 2.12. The lowest BCUT2D eigenvalue weighted by molar-refractivity contribution is 0.131. The first-order valence-electron chi connectivity index (χ1n) is 5.44. The highest BCUT2D eigenvalue weighted by Crippen LogP contribution is 2.27. The van der Waals surface area contributed by atoms with Crippen molar-refractivity contribution >= 4 is 11.8 Å². The average Bonchev–Trinajstić information content (AvgIpc) is 2.68. The lowest BCUT2D eigenvalue weighted by Crippen LogP contribution is -2.33. The second-order valence-electron chi connectivity index (χ2n) is 3.97. The van der Waals surface area contributed by atoms with E-state index in [9.17, 15) is 0 Å². The van der Waals surface area contributed by atoms with E-state index in [1.54, 1.807) is 5.70 Å². The number of allylic oxidation sites excluding steroid dienone is 1. The normalized spacial score (nSPS) is 27.9. The molecule has 1 saturated heterocycles. The van der Waals surface area contributed by atoms with E-state index in [0.29, 0.717) is 6.04 Å². The molecule has 2 nitrogen and oxygen atoms in total. The summed E-state index contributed by atoms with van der Waals surface area (Å²) in [5.74, 6) is 2.49. The van der Waals surface area contributed by atoms with Gasteiger partial charge in [-0.15, -0.1) is 0 Å². The van der Waals surface area contributed by atoms with Crippen LogP contribution in [0, 0.1) is 0 Å². The van der Waals surface area contributed by atoms with Gasteiger partial charge < -0.3 is 9.64 Å². The molecular formula is C11H19NOS. The first-order valence-corrected chi connectivity index (χ1v) is 6.59. The Bertz CT molecular complexity index is 217. The molecule has 2 aliphatic heterocycles. The fraction of sp³-hybridized carbons (Fsp3) is 0.818. The zero-order valence-electron chi connectivity index (χ0n) is 8.87. The van der Waals surface area contributed by atoms with Crippen LogP contribution in [0.3, 0.4) is 0 Å². The Morgan fingerprint density at radius 3 is 3.29 bits per heavy atom. The molecule has 0 aromatic heterocycles. The Labute approximate surface area is 90.7 Å². The van der Waals surface area contributed by atoms with E-state index in [1.807, 2.05) is 18.9 Å². The number of nitrogens with zero attached hydrogens (tertiary/aromatic N) is 1. The molecule has 0 N–H and O–H groups in total. The van der Waals surface area contributed by atoms with E-state index in [4.69, 9.17) is 4.74 Å². The van der Waals surface area contributed by atoms with E-state index in [0.717, 1.165) is 6.61 Å². The van der Waals surface area contributed by atoms with Crippen LogP contribution >= 0.6 is 11.8 Å². The molecule has 0 amide bonds. The van der Waals surface area contributed by atoms with Crippen LogP contribution in [-0.4, -0.2) is 42.7 Å². The van der Waals surface area contributed by atoms with Gasteiger partial charge in [-0.25, -0.2) is 0 Å². The van der Waals surface area contributed by atoms with Gasteiger partial charge in [0.2, 0.25) is 0 Å². The maximum atomic E-state index is 5.27.